The lowest BCUT2D eigenvalue weighted by Gasteiger charge is -2.41. The molecule has 6 heterocycles. The molecule has 24 heteroatoms. The Morgan fingerprint density at radius 3 is 1.11 bits per heavy atom. The van der Waals surface area contributed by atoms with Gasteiger partial charge in [-0.15, -0.1) is 0 Å². The van der Waals surface area contributed by atoms with Crippen LogP contribution in [0.2, 0.25) is 0 Å². The van der Waals surface area contributed by atoms with Gasteiger partial charge in [0.1, 0.15) is 35.4 Å². The van der Waals surface area contributed by atoms with E-state index in [0.29, 0.717) is 87.7 Å². The Hall–Kier alpha value is -6.10. The summed E-state index contributed by atoms with van der Waals surface area (Å²) in [7, 11) is 0. The van der Waals surface area contributed by atoms with E-state index in [1.165, 1.54) is 46.2 Å². The monoisotopic (exact) mass is 1040 g/mol. The molecule has 4 aliphatic rings. The maximum Gasteiger partial charge on any atom is 0.451 e. The summed E-state index contributed by atoms with van der Waals surface area (Å²) in [6.07, 6.45) is -11.9. The minimum atomic E-state index is -4.85. The number of carbonyl (C=O) groups is 2. The SMILES string of the molecule is O=C(NCCc1ccc(C(F)(F)F)cc1)[C@@H]1CCN1c1cc(N2CCC(CCCC3CCN(c4cc(N5CC[C@H]5C(=O)NCCc5ccc(C(F)(F)F)cc5)nc(C(F)(F)F)n4)CC3)CC2)nc(C(F)(F)F)n1. The molecule has 12 nitrogen and oxygen atoms in total. The van der Waals surface area contributed by atoms with Crippen LogP contribution in [0.1, 0.15) is 91.7 Å². The van der Waals surface area contributed by atoms with Crippen molar-refractivity contribution in [3.8, 4) is 0 Å². The highest BCUT2D eigenvalue weighted by molar-refractivity contribution is 5.87. The zero-order chi connectivity index (χ0) is 52.3. The van der Waals surface area contributed by atoms with Gasteiger partial charge in [-0.05, 0) is 98.6 Å². The van der Waals surface area contributed by atoms with Crippen molar-refractivity contribution in [1.29, 1.82) is 0 Å². The number of halogens is 12. The number of carbonyl (C=O) groups excluding carboxylic acids is 2. The topological polar surface area (TPSA) is 123 Å². The van der Waals surface area contributed by atoms with Gasteiger partial charge in [-0.25, -0.2) is 19.9 Å². The summed E-state index contributed by atoms with van der Waals surface area (Å²) in [4.78, 5) is 48.1. The van der Waals surface area contributed by atoms with Crippen LogP contribution in [0.25, 0.3) is 0 Å². The van der Waals surface area contributed by atoms with Gasteiger partial charge in [0.05, 0.1) is 11.1 Å². The van der Waals surface area contributed by atoms with E-state index in [4.69, 9.17) is 0 Å². The first-order chi connectivity index (χ1) is 34.5. The second-order valence-electron chi connectivity index (χ2n) is 19.1. The molecule has 0 saturated carbocycles. The highest BCUT2D eigenvalue weighted by atomic mass is 19.4. The predicted molar refractivity (Wildman–Crippen MR) is 246 cm³/mol. The van der Waals surface area contributed by atoms with Crippen molar-refractivity contribution in [1.82, 2.24) is 30.6 Å². The van der Waals surface area contributed by atoms with Crippen molar-refractivity contribution in [3.63, 3.8) is 0 Å². The summed E-state index contributed by atoms with van der Waals surface area (Å²) in [5, 5.41) is 5.47. The Labute approximate surface area is 412 Å². The molecular weight excluding hydrogens is 989 g/mol. The Morgan fingerprint density at radius 2 is 0.808 bits per heavy atom. The van der Waals surface area contributed by atoms with Crippen LogP contribution in [0.4, 0.5) is 76.0 Å². The van der Waals surface area contributed by atoms with Crippen LogP contribution in [0.5, 0.6) is 0 Å². The minimum absolute atomic E-state index is 0.0261. The summed E-state index contributed by atoms with van der Waals surface area (Å²) in [6.45, 7) is 2.64. The summed E-state index contributed by atoms with van der Waals surface area (Å²) in [6, 6.07) is 10.5. The molecule has 0 bridgehead atoms. The van der Waals surface area contributed by atoms with E-state index >= 15 is 0 Å². The number of alkyl halides is 12. The van der Waals surface area contributed by atoms with Crippen molar-refractivity contribution < 1.29 is 62.3 Å². The molecule has 0 spiro atoms. The molecule has 4 aromatic rings. The molecule has 73 heavy (non-hydrogen) atoms. The molecule has 4 aliphatic heterocycles. The third kappa shape index (κ3) is 13.4. The van der Waals surface area contributed by atoms with Crippen molar-refractivity contribution in [2.75, 3.05) is 72.0 Å². The van der Waals surface area contributed by atoms with E-state index in [1.807, 2.05) is 0 Å². The van der Waals surface area contributed by atoms with Gasteiger partial charge in [0.2, 0.25) is 23.5 Å². The zero-order valence-electron chi connectivity index (χ0n) is 39.4. The number of rotatable bonds is 16. The van der Waals surface area contributed by atoms with Gasteiger partial charge in [0.25, 0.3) is 0 Å². The van der Waals surface area contributed by atoms with Crippen molar-refractivity contribution in [2.24, 2.45) is 11.8 Å². The second kappa shape index (κ2) is 21.8. The average Bonchev–Trinajstić information content (AvgIpc) is 3.30. The van der Waals surface area contributed by atoms with Crippen molar-refractivity contribution in [3.05, 3.63) is 94.6 Å². The van der Waals surface area contributed by atoms with Crippen LogP contribution >= 0.6 is 0 Å². The lowest BCUT2D eigenvalue weighted by molar-refractivity contribution is -0.145. The van der Waals surface area contributed by atoms with Crippen LogP contribution in [0, 0.1) is 11.8 Å². The van der Waals surface area contributed by atoms with Gasteiger partial charge in [-0.1, -0.05) is 43.5 Å². The van der Waals surface area contributed by atoms with E-state index in [0.717, 1.165) is 43.5 Å². The Balaban J connectivity index is 0.785. The molecular formula is C49H54F12N10O2. The van der Waals surface area contributed by atoms with E-state index in [9.17, 15) is 62.3 Å². The fourth-order valence-corrected chi connectivity index (χ4v) is 9.80. The standard InChI is InChI=1S/C49H54F12N10O2/c50-46(51,52)34-8-4-32(5-9-34)12-20-62-42(72)36-18-26-70(36)40-28-38(64-44(66-40)48(56,57)58)68-22-14-30(15-23-68)2-1-3-31-16-24-69(25-17-31)39-29-41(67-45(65-39)49(59,60)61)71-27-19-37(71)43(73)63-21-13-33-6-10-35(11-7-33)47(53,54)55/h4-11,28-31,36-37H,1-3,12-27H2,(H,62,72)(H,63,73)/t36-,37-/m0/s1. The van der Waals surface area contributed by atoms with Crippen molar-refractivity contribution >= 4 is 35.1 Å². The molecule has 8 rings (SSSR count). The maximum atomic E-state index is 14.1. The highest BCUT2D eigenvalue weighted by Crippen LogP contribution is 2.38. The largest absolute Gasteiger partial charge is 0.451 e. The number of nitrogens with one attached hydrogen (secondary N) is 2. The van der Waals surface area contributed by atoms with Gasteiger partial charge in [0.15, 0.2) is 0 Å². The third-order valence-corrected chi connectivity index (χ3v) is 14.2. The smallest absolute Gasteiger partial charge is 0.356 e. The zero-order valence-corrected chi connectivity index (χ0v) is 39.4. The number of benzene rings is 2. The molecule has 2 amide bonds. The molecule has 2 aromatic carbocycles. The van der Waals surface area contributed by atoms with Crippen LogP contribution in [0.15, 0.2) is 60.7 Å². The summed E-state index contributed by atoms with van der Waals surface area (Å²) in [5.74, 6) is -2.70. The normalized spacial score (nSPS) is 19.4. The summed E-state index contributed by atoms with van der Waals surface area (Å²) in [5.41, 5.74) is -0.429. The van der Waals surface area contributed by atoms with Crippen LogP contribution in [0.3, 0.4) is 0 Å². The first-order valence-corrected chi connectivity index (χ1v) is 24.3. The number of anilines is 4. The molecule has 2 atom stereocenters. The predicted octanol–water partition coefficient (Wildman–Crippen LogP) is 9.52. The number of hydrogen-bond donors (Lipinski definition) is 2. The molecule has 4 fully saturated rings. The number of aromatic nitrogens is 4. The lowest BCUT2D eigenvalue weighted by Crippen LogP contribution is -2.57. The third-order valence-electron chi connectivity index (χ3n) is 14.2. The Morgan fingerprint density at radius 1 is 0.466 bits per heavy atom. The molecule has 2 N–H and O–H groups in total. The van der Waals surface area contributed by atoms with Crippen LogP contribution < -0.4 is 30.2 Å². The van der Waals surface area contributed by atoms with E-state index in [-0.39, 0.29) is 62.3 Å². The van der Waals surface area contributed by atoms with E-state index in [1.54, 1.807) is 9.80 Å². The molecule has 2 aromatic heterocycles. The molecule has 0 unspecified atom stereocenters. The van der Waals surface area contributed by atoms with Crippen LogP contribution in [-0.4, -0.2) is 96.2 Å². The van der Waals surface area contributed by atoms with Gasteiger partial charge in [-0.2, -0.15) is 52.7 Å². The fraction of sp³-hybridized carbons (Fsp3) is 0.551. The fourth-order valence-electron chi connectivity index (χ4n) is 9.80. The highest BCUT2D eigenvalue weighted by Gasteiger charge is 2.42. The molecule has 4 saturated heterocycles. The maximum absolute atomic E-state index is 14.1. The summed E-state index contributed by atoms with van der Waals surface area (Å²) >= 11 is 0. The average molecular weight is 1040 g/mol. The molecule has 0 radical (unpaired) electrons. The van der Waals surface area contributed by atoms with Gasteiger partial charge in [0, 0.05) is 64.5 Å². The van der Waals surface area contributed by atoms with Gasteiger partial charge < -0.3 is 30.2 Å². The number of piperidine rings is 2. The summed E-state index contributed by atoms with van der Waals surface area (Å²) < 4.78 is 162. The van der Waals surface area contributed by atoms with E-state index in [2.05, 4.69) is 30.6 Å². The molecule has 396 valence electrons. The van der Waals surface area contributed by atoms with Gasteiger partial charge >= 0.3 is 24.7 Å². The van der Waals surface area contributed by atoms with Crippen molar-refractivity contribution in [2.45, 2.75) is 107 Å². The minimum Gasteiger partial charge on any atom is -0.356 e. The lowest BCUT2D eigenvalue weighted by atomic mass is 9.87. The number of hydrogen-bond acceptors (Lipinski definition) is 10. The number of nitrogens with zero attached hydrogens (tertiary/aromatic N) is 8. The number of amides is 2. The Kier molecular flexibility index (Phi) is 15.9. The first kappa shape index (κ1) is 53.2. The van der Waals surface area contributed by atoms with Crippen LogP contribution in [-0.2, 0) is 47.1 Å². The van der Waals surface area contributed by atoms with Gasteiger partial charge in [-0.3, -0.25) is 9.59 Å². The first-order valence-electron chi connectivity index (χ1n) is 24.3. The quantitative estimate of drug-likeness (QED) is 0.105. The molecule has 0 aliphatic carbocycles. The van der Waals surface area contributed by atoms with E-state index < -0.39 is 71.4 Å². The Bertz CT molecular complexity index is 2350. The second-order valence-corrected chi connectivity index (χ2v) is 19.1.